The third-order valence-corrected chi connectivity index (χ3v) is 2.60. The molecule has 1 aromatic carbocycles. The summed E-state index contributed by atoms with van der Waals surface area (Å²) in [5, 5.41) is 6.82. The normalized spacial score (nSPS) is 9.92. The van der Waals surface area contributed by atoms with Gasteiger partial charge in [0.05, 0.1) is 10.6 Å². The molecule has 1 rings (SSSR count). The van der Waals surface area contributed by atoms with Crippen molar-refractivity contribution in [2.45, 2.75) is 0 Å². The Labute approximate surface area is 82.2 Å². The van der Waals surface area contributed by atoms with E-state index < -0.39 is 5.82 Å². The number of hydrogen-bond acceptors (Lipinski definition) is 2. The van der Waals surface area contributed by atoms with Gasteiger partial charge in [-0.15, -0.1) is 0 Å². The van der Waals surface area contributed by atoms with Crippen LogP contribution in [-0.4, -0.2) is 6.21 Å². The maximum atomic E-state index is 13.1. The van der Waals surface area contributed by atoms with Gasteiger partial charge in [-0.25, -0.2) is 4.39 Å². The Morgan fingerprint density at radius 3 is 2.75 bits per heavy atom. The van der Waals surface area contributed by atoms with Gasteiger partial charge in [-0.3, -0.25) is 0 Å². The first-order valence-electron chi connectivity index (χ1n) is 3.01. The van der Waals surface area contributed by atoms with Crippen LogP contribution in [0.3, 0.4) is 0 Å². The van der Waals surface area contributed by atoms with Crippen LogP contribution in [0.2, 0.25) is 5.02 Å². The number of nitrogens with one attached hydrogen (secondary N) is 1. The van der Waals surface area contributed by atoms with Crippen LogP contribution >= 0.6 is 27.5 Å². The van der Waals surface area contributed by atoms with Crippen molar-refractivity contribution in [3.8, 4) is 0 Å². The Kier molecular flexibility index (Phi) is 2.69. The van der Waals surface area contributed by atoms with E-state index in [2.05, 4.69) is 15.9 Å². The molecule has 0 unspecified atom stereocenters. The molecule has 0 amide bonds. The predicted molar refractivity (Wildman–Crippen MR) is 51.4 cm³/mol. The van der Waals surface area contributed by atoms with Gasteiger partial charge in [-0.2, -0.15) is 0 Å². The van der Waals surface area contributed by atoms with Crippen LogP contribution in [0.4, 0.5) is 10.1 Å². The topological polar surface area (TPSA) is 49.9 Å². The Morgan fingerprint density at radius 1 is 1.67 bits per heavy atom. The van der Waals surface area contributed by atoms with Crippen molar-refractivity contribution >= 4 is 39.4 Å². The summed E-state index contributed by atoms with van der Waals surface area (Å²) >= 11 is 8.59. The number of benzene rings is 1. The molecular formula is C7H5BrClFN2. The van der Waals surface area contributed by atoms with Crippen LogP contribution in [0.15, 0.2) is 10.5 Å². The van der Waals surface area contributed by atoms with E-state index in [9.17, 15) is 4.39 Å². The van der Waals surface area contributed by atoms with Crippen molar-refractivity contribution in [3.63, 3.8) is 0 Å². The van der Waals surface area contributed by atoms with E-state index in [0.717, 1.165) is 6.21 Å². The van der Waals surface area contributed by atoms with Crippen molar-refractivity contribution in [1.82, 2.24) is 0 Å². The number of anilines is 1. The standard InChI is InChI=1S/C7H5BrClFN2/c8-4-1-5(12)3(2-11)7(10)6(4)9/h1-2,11H,12H2. The van der Waals surface area contributed by atoms with Crippen LogP contribution in [0, 0.1) is 11.2 Å². The molecule has 0 heterocycles. The highest BCUT2D eigenvalue weighted by molar-refractivity contribution is 9.10. The second-order valence-electron chi connectivity index (χ2n) is 2.13. The predicted octanol–water partition coefficient (Wildman–Crippen LogP) is 2.82. The fourth-order valence-electron chi connectivity index (χ4n) is 0.774. The first-order valence-corrected chi connectivity index (χ1v) is 4.18. The Morgan fingerprint density at radius 2 is 2.25 bits per heavy atom. The zero-order valence-corrected chi connectivity index (χ0v) is 8.21. The van der Waals surface area contributed by atoms with E-state index in [1.165, 1.54) is 6.07 Å². The maximum absolute atomic E-state index is 13.1. The van der Waals surface area contributed by atoms with Gasteiger partial charge in [0.25, 0.3) is 0 Å². The minimum atomic E-state index is -0.668. The highest BCUT2D eigenvalue weighted by Crippen LogP contribution is 2.30. The number of nitrogens with two attached hydrogens (primary N) is 1. The van der Waals surface area contributed by atoms with Gasteiger partial charge in [0.1, 0.15) is 0 Å². The number of hydrogen-bond donors (Lipinski definition) is 2. The van der Waals surface area contributed by atoms with E-state index >= 15 is 0 Å². The van der Waals surface area contributed by atoms with E-state index in [1.807, 2.05) is 0 Å². The molecule has 0 bridgehead atoms. The fourth-order valence-corrected chi connectivity index (χ4v) is 1.35. The quantitative estimate of drug-likeness (QED) is 0.450. The average molecular weight is 251 g/mol. The minimum absolute atomic E-state index is 0.0169. The molecule has 3 N–H and O–H groups in total. The lowest BCUT2D eigenvalue weighted by molar-refractivity contribution is 0.626. The molecule has 0 atom stereocenters. The molecule has 0 aliphatic heterocycles. The molecule has 0 aromatic heterocycles. The summed E-state index contributed by atoms with van der Waals surface area (Å²) in [6.45, 7) is 0. The van der Waals surface area contributed by atoms with E-state index in [-0.39, 0.29) is 16.3 Å². The van der Waals surface area contributed by atoms with Gasteiger partial charge in [0, 0.05) is 16.4 Å². The Bertz CT molecular complexity index is 341. The molecule has 5 heteroatoms. The number of rotatable bonds is 1. The minimum Gasteiger partial charge on any atom is -0.398 e. The molecule has 12 heavy (non-hydrogen) atoms. The highest BCUT2D eigenvalue weighted by atomic mass is 79.9. The second kappa shape index (κ2) is 3.41. The lowest BCUT2D eigenvalue weighted by Gasteiger charge is -2.04. The smallest absolute Gasteiger partial charge is 0.153 e. The average Bonchev–Trinajstić information content (AvgIpc) is 2.01. The molecule has 1 aromatic rings. The molecule has 64 valence electrons. The van der Waals surface area contributed by atoms with Crippen molar-refractivity contribution in [1.29, 1.82) is 5.41 Å². The van der Waals surface area contributed by atoms with Gasteiger partial charge >= 0.3 is 0 Å². The third kappa shape index (κ3) is 1.44. The number of halogens is 3. The summed E-state index contributed by atoms with van der Waals surface area (Å²) in [7, 11) is 0. The highest BCUT2D eigenvalue weighted by Gasteiger charge is 2.11. The van der Waals surface area contributed by atoms with Crippen LogP contribution in [0.5, 0.6) is 0 Å². The summed E-state index contributed by atoms with van der Waals surface area (Å²) in [5.74, 6) is -0.668. The van der Waals surface area contributed by atoms with E-state index in [1.54, 1.807) is 0 Å². The van der Waals surface area contributed by atoms with Gasteiger partial charge in [0.2, 0.25) is 0 Å². The van der Waals surface area contributed by atoms with E-state index in [0.29, 0.717) is 4.47 Å². The molecule has 0 spiro atoms. The van der Waals surface area contributed by atoms with Crippen LogP contribution in [0.25, 0.3) is 0 Å². The molecule has 0 radical (unpaired) electrons. The first kappa shape index (κ1) is 9.48. The van der Waals surface area contributed by atoms with Crippen LogP contribution in [0.1, 0.15) is 5.56 Å². The Balaban J connectivity index is 3.51. The number of nitrogen functional groups attached to an aromatic ring is 1. The summed E-state index contributed by atoms with van der Waals surface area (Å²) < 4.78 is 13.5. The molecule has 2 nitrogen and oxygen atoms in total. The zero-order chi connectivity index (χ0) is 9.30. The van der Waals surface area contributed by atoms with Crippen LogP contribution in [-0.2, 0) is 0 Å². The fraction of sp³-hybridized carbons (Fsp3) is 0. The largest absolute Gasteiger partial charge is 0.398 e. The van der Waals surface area contributed by atoms with Gasteiger partial charge in [-0.05, 0) is 22.0 Å². The lowest BCUT2D eigenvalue weighted by atomic mass is 10.2. The van der Waals surface area contributed by atoms with Crippen LogP contribution < -0.4 is 5.73 Å². The lowest BCUT2D eigenvalue weighted by Crippen LogP contribution is -1.98. The summed E-state index contributed by atoms with van der Waals surface area (Å²) in [6.07, 6.45) is 0.836. The monoisotopic (exact) mass is 250 g/mol. The molecule has 0 aliphatic rings. The SMILES string of the molecule is N=Cc1c(N)cc(Br)c(Cl)c1F. The molecular weight excluding hydrogens is 246 g/mol. The van der Waals surface area contributed by atoms with E-state index in [4.69, 9.17) is 22.7 Å². The van der Waals surface area contributed by atoms with Crippen molar-refractivity contribution in [2.24, 2.45) is 0 Å². The summed E-state index contributed by atoms with van der Waals surface area (Å²) in [6, 6.07) is 1.46. The molecule has 0 saturated carbocycles. The third-order valence-electron chi connectivity index (χ3n) is 1.38. The van der Waals surface area contributed by atoms with Crippen molar-refractivity contribution < 1.29 is 4.39 Å². The van der Waals surface area contributed by atoms with Gasteiger partial charge in [0.15, 0.2) is 5.82 Å². The second-order valence-corrected chi connectivity index (χ2v) is 3.37. The summed E-state index contributed by atoms with van der Waals surface area (Å²) in [4.78, 5) is 0. The summed E-state index contributed by atoms with van der Waals surface area (Å²) in [5.41, 5.74) is 5.63. The molecule has 0 saturated heterocycles. The molecule has 0 fully saturated rings. The van der Waals surface area contributed by atoms with Gasteiger partial charge in [-0.1, -0.05) is 11.6 Å². The molecule has 0 aliphatic carbocycles. The first-order chi connectivity index (χ1) is 5.57. The zero-order valence-electron chi connectivity index (χ0n) is 5.87. The Hall–Kier alpha value is -0.610. The van der Waals surface area contributed by atoms with Crippen molar-refractivity contribution in [3.05, 3.63) is 26.9 Å². The maximum Gasteiger partial charge on any atom is 0.153 e. The van der Waals surface area contributed by atoms with Gasteiger partial charge < -0.3 is 11.1 Å². The van der Waals surface area contributed by atoms with Crippen molar-refractivity contribution in [2.75, 3.05) is 5.73 Å².